The smallest absolute Gasteiger partial charge is 0.326 e. The number of hydrazine groups is 1. The first-order valence-electron chi connectivity index (χ1n) is 1.85. The summed E-state index contributed by atoms with van der Waals surface area (Å²) in [5.41, 5.74) is 9.17. The number of hydrogen-bond donors (Lipinski definition) is 3. The summed E-state index contributed by atoms with van der Waals surface area (Å²) in [5.74, 6) is 0. The summed E-state index contributed by atoms with van der Waals surface area (Å²) in [4.78, 5) is 9.78. The lowest BCUT2D eigenvalue weighted by Crippen LogP contribution is -2.40. The van der Waals surface area contributed by atoms with Gasteiger partial charge in [0.25, 0.3) is 0 Å². The van der Waals surface area contributed by atoms with E-state index in [1.807, 2.05) is 0 Å². The van der Waals surface area contributed by atoms with Crippen molar-refractivity contribution in [1.82, 2.24) is 10.9 Å². The number of primary amides is 1. The van der Waals surface area contributed by atoms with E-state index in [1.165, 1.54) is 0 Å². The molecule has 0 aromatic rings. The summed E-state index contributed by atoms with van der Waals surface area (Å²) in [7, 11) is 0. The molecule has 0 spiro atoms. The van der Waals surface area contributed by atoms with Crippen LogP contribution in [0, 0.1) is 6.92 Å². The van der Waals surface area contributed by atoms with Gasteiger partial charge in [-0.3, -0.25) is 5.43 Å². The fourth-order valence-corrected chi connectivity index (χ4v) is 0.150. The molecule has 0 aliphatic heterocycles. The predicted molar refractivity (Wildman–Crippen MR) is 26.1 cm³/mol. The minimum Gasteiger partial charge on any atom is -0.351 e. The van der Waals surface area contributed by atoms with Crippen LogP contribution in [-0.4, -0.2) is 12.6 Å². The maximum Gasteiger partial charge on any atom is 0.326 e. The van der Waals surface area contributed by atoms with E-state index in [4.69, 9.17) is 0 Å². The molecule has 2 amide bonds. The van der Waals surface area contributed by atoms with Crippen LogP contribution in [0.3, 0.4) is 0 Å². The van der Waals surface area contributed by atoms with E-state index in [-0.39, 0.29) is 0 Å². The van der Waals surface area contributed by atoms with Crippen molar-refractivity contribution >= 4 is 6.03 Å². The second kappa shape index (κ2) is 3.42. The van der Waals surface area contributed by atoms with Crippen LogP contribution in [0.4, 0.5) is 4.79 Å². The Balaban J connectivity index is 2.82. The van der Waals surface area contributed by atoms with Crippen molar-refractivity contribution in [2.75, 3.05) is 6.54 Å². The molecule has 0 aliphatic rings. The number of urea groups is 1. The molecule has 4 heteroatoms. The summed E-state index contributed by atoms with van der Waals surface area (Å²) < 4.78 is 0. The summed E-state index contributed by atoms with van der Waals surface area (Å²) >= 11 is 0. The van der Waals surface area contributed by atoms with Crippen LogP contribution in [0.25, 0.3) is 0 Å². The Morgan fingerprint density at radius 2 is 2.43 bits per heavy atom. The van der Waals surface area contributed by atoms with Crippen LogP contribution in [0.5, 0.6) is 0 Å². The average Bonchev–Trinajstić information content (AvgIpc) is 1.61. The van der Waals surface area contributed by atoms with Crippen LogP contribution in [0.2, 0.25) is 0 Å². The van der Waals surface area contributed by atoms with Crippen molar-refractivity contribution in [3.05, 3.63) is 6.92 Å². The van der Waals surface area contributed by atoms with Gasteiger partial charge in [-0.1, -0.05) is 0 Å². The zero-order valence-electron chi connectivity index (χ0n) is 3.90. The molecule has 0 rings (SSSR count). The van der Waals surface area contributed by atoms with Gasteiger partial charge < -0.3 is 5.73 Å². The van der Waals surface area contributed by atoms with Crippen molar-refractivity contribution in [3.63, 3.8) is 0 Å². The second-order valence-corrected chi connectivity index (χ2v) is 0.916. The van der Waals surface area contributed by atoms with Crippen molar-refractivity contribution in [3.8, 4) is 0 Å². The fraction of sp³-hybridized carbons (Fsp3) is 0.333. The zero-order valence-corrected chi connectivity index (χ0v) is 3.90. The highest BCUT2D eigenvalue weighted by Gasteiger charge is 1.81. The average molecular weight is 102 g/mol. The van der Waals surface area contributed by atoms with Crippen molar-refractivity contribution in [2.24, 2.45) is 5.73 Å². The first-order valence-corrected chi connectivity index (χ1v) is 1.85. The fourth-order valence-electron chi connectivity index (χ4n) is 0.150. The summed E-state index contributed by atoms with van der Waals surface area (Å²) in [6, 6.07) is -0.594. The normalized spacial score (nSPS) is 8.14. The molecule has 0 unspecified atom stereocenters. The van der Waals surface area contributed by atoms with Gasteiger partial charge in [0, 0.05) is 6.54 Å². The van der Waals surface area contributed by atoms with E-state index in [2.05, 4.69) is 23.5 Å². The zero-order chi connectivity index (χ0) is 5.70. The molecule has 0 saturated carbocycles. The van der Waals surface area contributed by atoms with Gasteiger partial charge >= 0.3 is 6.03 Å². The third-order valence-electron chi connectivity index (χ3n) is 0.337. The number of carbonyl (C=O) groups excluding carboxylic acids is 1. The summed E-state index contributed by atoms with van der Waals surface area (Å²) in [6.45, 7) is 3.81. The van der Waals surface area contributed by atoms with Gasteiger partial charge in [-0.2, -0.15) is 0 Å². The molecule has 0 heterocycles. The highest BCUT2D eigenvalue weighted by Crippen LogP contribution is 1.46. The molecule has 0 aromatic heterocycles. The Labute approximate surface area is 42.0 Å². The lowest BCUT2D eigenvalue weighted by atomic mass is 10.8. The maximum atomic E-state index is 9.78. The predicted octanol–water partition coefficient (Wildman–Crippen LogP) is -1.01. The number of amides is 2. The van der Waals surface area contributed by atoms with Crippen molar-refractivity contribution in [2.45, 2.75) is 0 Å². The van der Waals surface area contributed by atoms with Crippen molar-refractivity contribution < 1.29 is 4.79 Å². The minimum absolute atomic E-state index is 0.433. The summed E-state index contributed by atoms with van der Waals surface area (Å²) in [5, 5.41) is 0. The Hall–Kier alpha value is -0.770. The molecule has 0 aromatic carbocycles. The van der Waals surface area contributed by atoms with Crippen LogP contribution in [0.15, 0.2) is 0 Å². The van der Waals surface area contributed by atoms with E-state index >= 15 is 0 Å². The Bertz CT molecular complexity index is 63.2. The third kappa shape index (κ3) is 5.23. The van der Waals surface area contributed by atoms with Crippen LogP contribution in [-0.2, 0) is 0 Å². The molecule has 0 fully saturated rings. The molecular weight excluding hydrogens is 94.1 g/mol. The van der Waals surface area contributed by atoms with E-state index in [0.29, 0.717) is 6.54 Å². The molecule has 0 saturated heterocycles. The van der Waals surface area contributed by atoms with E-state index in [9.17, 15) is 4.79 Å². The second-order valence-electron chi connectivity index (χ2n) is 0.916. The van der Waals surface area contributed by atoms with Crippen molar-refractivity contribution in [1.29, 1.82) is 0 Å². The lowest BCUT2D eigenvalue weighted by molar-refractivity contribution is 0.245. The van der Waals surface area contributed by atoms with Crippen LogP contribution < -0.4 is 16.6 Å². The molecule has 7 heavy (non-hydrogen) atoms. The quantitative estimate of drug-likeness (QED) is 0.391. The van der Waals surface area contributed by atoms with Gasteiger partial charge in [0.05, 0.1) is 0 Å². The number of hydrogen-bond acceptors (Lipinski definition) is 2. The molecule has 1 radical (unpaired) electrons. The molecule has 41 valence electrons. The number of nitrogens with one attached hydrogen (secondary N) is 2. The molecule has 0 aliphatic carbocycles. The SMILES string of the molecule is [CH2]CNNC(N)=O. The Morgan fingerprint density at radius 1 is 1.86 bits per heavy atom. The lowest BCUT2D eigenvalue weighted by Gasteiger charge is -1.96. The van der Waals surface area contributed by atoms with Gasteiger partial charge in [0.2, 0.25) is 0 Å². The molecule has 4 N–H and O–H groups in total. The highest BCUT2D eigenvalue weighted by atomic mass is 16.2. The van der Waals surface area contributed by atoms with Gasteiger partial charge in [-0.15, -0.1) is 0 Å². The van der Waals surface area contributed by atoms with Gasteiger partial charge in [0.15, 0.2) is 0 Å². The van der Waals surface area contributed by atoms with E-state index < -0.39 is 6.03 Å². The minimum atomic E-state index is -0.594. The topological polar surface area (TPSA) is 67.2 Å². The largest absolute Gasteiger partial charge is 0.351 e. The first-order chi connectivity index (χ1) is 3.27. The number of rotatable bonds is 2. The molecule has 4 nitrogen and oxygen atoms in total. The standard InChI is InChI=1S/C3H8N3O/c1-2-5-6-3(4)7/h5H,1-2H2,(H3,4,6,7). The Kier molecular flexibility index (Phi) is 3.04. The Morgan fingerprint density at radius 3 is 2.57 bits per heavy atom. The van der Waals surface area contributed by atoms with Crippen LogP contribution >= 0.6 is 0 Å². The molecule has 0 bridgehead atoms. The molecular formula is C3H8N3O. The third-order valence-corrected chi connectivity index (χ3v) is 0.337. The van der Waals surface area contributed by atoms with Gasteiger partial charge in [-0.25, -0.2) is 10.2 Å². The number of carbonyl (C=O) groups is 1. The maximum absolute atomic E-state index is 9.78. The van der Waals surface area contributed by atoms with Gasteiger partial charge in [0.1, 0.15) is 0 Å². The summed E-state index contributed by atoms with van der Waals surface area (Å²) in [6.07, 6.45) is 0. The van der Waals surface area contributed by atoms with E-state index in [0.717, 1.165) is 0 Å². The number of nitrogens with two attached hydrogens (primary N) is 1. The van der Waals surface area contributed by atoms with Crippen LogP contribution in [0.1, 0.15) is 0 Å². The van der Waals surface area contributed by atoms with Gasteiger partial charge in [-0.05, 0) is 6.92 Å². The highest BCUT2D eigenvalue weighted by molar-refractivity contribution is 5.70. The monoisotopic (exact) mass is 102 g/mol. The first kappa shape index (κ1) is 6.23. The molecule has 0 atom stereocenters. The van der Waals surface area contributed by atoms with E-state index in [1.54, 1.807) is 0 Å².